The summed E-state index contributed by atoms with van der Waals surface area (Å²) in [6, 6.07) is 13.6. The standard InChI is InChI=1S/C23H32N4O3.HI/c1-24-23(26-16-18-8-11-19(12-9-18)22(28)27(2)3)25-14-6-7-17-10-13-20(29-4)21(15-17)30-5;/h8-13,15H,6-7,14,16H2,1-5H3,(H2,24,25,26);1H. The van der Waals surface area contributed by atoms with Crippen LogP contribution in [-0.2, 0) is 13.0 Å². The Morgan fingerprint density at radius 1 is 0.968 bits per heavy atom. The molecule has 8 heteroatoms. The summed E-state index contributed by atoms with van der Waals surface area (Å²) in [6.07, 6.45) is 1.88. The third-order valence-corrected chi connectivity index (χ3v) is 4.67. The lowest BCUT2D eigenvalue weighted by atomic mass is 10.1. The molecule has 0 bridgehead atoms. The molecule has 0 aliphatic rings. The number of methoxy groups -OCH3 is 2. The monoisotopic (exact) mass is 540 g/mol. The maximum absolute atomic E-state index is 12.0. The van der Waals surface area contributed by atoms with Crippen molar-refractivity contribution in [3.05, 3.63) is 59.2 Å². The maximum atomic E-state index is 12.0. The number of nitrogens with zero attached hydrogens (tertiary/aromatic N) is 2. The van der Waals surface area contributed by atoms with E-state index in [0.29, 0.717) is 12.1 Å². The lowest BCUT2D eigenvalue weighted by molar-refractivity contribution is 0.0827. The molecule has 0 fully saturated rings. The van der Waals surface area contributed by atoms with Gasteiger partial charge < -0.3 is 25.0 Å². The number of hydrogen-bond donors (Lipinski definition) is 2. The van der Waals surface area contributed by atoms with Crippen LogP contribution < -0.4 is 20.1 Å². The second kappa shape index (κ2) is 13.7. The minimum atomic E-state index is 0. The number of guanidine groups is 1. The molecule has 0 radical (unpaired) electrons. The summed E-state index contributed by atoms with van der Waals surface area (Å²) in [5, 5.41) is 6.62. The van der Waals surface area contributed by atoms with E-state index in [-0.39, 0.29) is 29.9 Å². The average molecular weight is 540 g/mol. The minimum absolute atomic E-state index is 0. The summed E-state index contributed by atoms with van der Waals surface area (Å²) < 4.78 is 10.6. The van der Waals surface area contributed by atoms with Gasteiger partial charge in [-0.25, -0.2) is 0 Å². The van der Waals surface area contributed by atoms with Crippen molar-refractivity contribution in [1.82, 2.24) is 15.5 Å². The number of aliphatic imine (C=N–C) groups is 1. The number of aryl methyl sites for hydroxylation is 1. The molecule has 0 aliphatic heterocycles. The zero-order valence-electron chi connectivity index (χ0n) is 18.9. The smallest absolute Gasteiger partial charge is 0.253 e. The fraction of sp³-hybridized carbons (Fsp3) is 0.391. The normalized spacial score (nSPS) is 10.7. The van der Waals surface area contributed by atoms with Crippen LogP contribution in [0.2, 0.25) is 0 Å². The summed E-state index contributed by atoms with van der Waals surface area (Å²) in [7, 11) is 8.53. The zero-order valence-corrected chi connectivity index (χ0v) is 21.2. The summed E-state index contributed by atoms with van der Waals surface area (Å²) in [5.74, 6) is 2.24. The number of halogens is 1. The molecule has 7 nitrogen and oxygen atoms in total. The Kier molecular flexibility index (Phi) is 11.8. The highest BCUT2D eigenvalue weighted by molar-refractivity contribution is 14.0. The molecule has 0 spiro atoms. The third-order valence-electron chi connectivity index (χ3n) is 4.67. The molecule has 0 aromatic heterocycles. The first-order valence-electron chi connectivity index (χ1n) is 9.94. The van der Waals surface area contributed by atoms with Crippen LogP contribution in [0.4, 0.5) is 0 Å². The molecule has 2 N–H and O–H groups in total. The predicted octanol–water partition coefficient (Wildman–Crippen LogP) is 3.32. The van der Waals surface area contributed by atoms with Crippen LogP contribution in [-0.4, -0.2) is 58.7 Å². The van der Waals surface area contributed by atoms with E-state index in [1.165, 1.54) is 5.56 Å². The fourth-order valence-electron chi connectivity index (χ4n) is 2.97. The largest absolute Gasteiger partial charge is 0.493 e. The van der Waals surface area contributed by atoms with Crippen molar-refractivity contribution in [2.45, 2.75) is 19.4 Å². The van der Waals surface area contributed by atoms with Gasteiger partial charge in [-0.2, -0.15) is 0 Å². The van der Waals surface area contributed by atoms with Crippen LogP contribution in [0.25, 0.3) is 0 Å². The number of amides is 1. The van der Waals surface area contributed by atoms with E-state index in [1.54, 1.807) is 40.3 Å². The lowest BCUT2D eigenvalue weighted by Crippen LogP contribution is -2.37. The third kappa shape index (κ3) is 8.28. The van der Waals surface area contributed by atoms with Crippen LogP contribution in [0.5, 0.6) is 11.5 Å². The van der Waals surface area contributed by atoms with Gasteiger partial charge in [0.2, 0.25) is 0 Å². The Balaban J connectivity index is 0.00000480. The molecular weight excluding hydrogens is 507 g/mol. The van der Waals surface area contributed by atoms with Crippen molar-refractivity contribution in [2.75, 3.05) is 41.9 Å². The predicted molar refractivity (Wildman–Crippen MR) is 136 cm³/mol. The number of nitrogens with one attached hydrogen (secondary N) is 2. The Labute approximate surface area is 202 Å². The summed E-state index contributed by atoms with van der Waals surface area (Å²) >= 11 is 0. The summed E-state index contributed by atoms with van der Waals surface area (Å²) in [6.45, 7) is 1.43. The van der Waals surface area contributed by atoms with Crippen molar-refractivity contribution in [1.29, 1.82) is 0 Å². The first kappa shape index (κ1) is 26.5. The summed E-state index contributed by atoms with van der Waals surface area (Å²) in [4.78, 5) is 17.8. The van der Waals surface area contributed by atoms with E-state index in [4.69, 9.17) is 9.47 Å². The minimum Gasteiger partial charge on any atom is -0.493 e. The molecule has 2 rings (SSSR count). The Bertz CT molecular complexity index is 854. The van der Waals surface area contributed by atoms with Crippen LogP contribution >= 0.6 is 24.0 Å². The molecular formula is C23H33IN4O3. The van der Waals surface area contributed by atoms with Crippen LogP contribution in [0.15, 0.2) is 47.5 Å². The highest BCUT2D eigenvalue weighted by Crippen LogP contribution is 2.27. The van der Waals surface area contributed by atoms with E-state index >= 15 is 0 Å². The van der Waals surface area contributed by atoms with Crippen molar-refractivity contribution < 1.29 is 14.3 Å². The van der Waals surface area contributed by atoms with Gasteiger partial charge in [0.1, 0.15) is 0 Å². The molecule has 2 aromatic carbocycles. The summed E-state index contributed by atoms with van der Waals surface area (Å²) in [5.41, 5.74) is 2.96. The van der Waals surface area contributed by atoms with Crippen LogP contribution in [0, 0.1) is 0 Å². The van der Waals surface area contributed by atoms with Gasteiger partial charge >= 0.3 is 0 Å². The van der Waals surface area contributed by atoms with E-state index in [9.17, 15) is 4.79 Å². The van der Waals surface area contributed by atoms with E-state index < -0.39 is 0 Å². The van der Waals surface area contributed by atoms with Crippen LogP contribution in [0.3, 0.4) is 0 Å². The van der Waals surface area contributed by atoms with E-state index in [1.807, 2.05) is 36.4 Å². The molecule has 0 saturated heterocycles. The Morgan fingerprint density at radius 2 is 1.61 bits per heavy atom. The molecule has 0 unspecified atom stereocenters. The van der Waals surface area contributed by atoms with Crippen molar-refractivity contribution >= 4 is 35.8 Å². The second-order valence-electron chi connectivity index (χ2n) is 7.04. The first-order valence-corrected chi connectivity index (χ1v) is 9.94. The Hall–Kier alpha value is -2.49. The topological polar surface area (TPSA) is 75.2 Å². The van der Waals surface area contributed by atoms with Gasteiger partial charge in [0.05, 0.1) is 14.2 Å². The average Bonchev–Trinajstić information content (AvgIpc) is 2.78. The molecule has 2 aromatic rings. The molecule has 31 heavy (non-hydrogen) atoms. The quantitative estimate of drug-likeness (QED) is 0.221. The number of benzene rings is 2. The molecule has 170 valence electrons. The molecule has 0 heterocycles. The van der Waals surface area contributed by atoms with Gasteiger partial charge in [-0.3, -0.25) is 9.79 Å². The molecule has 0 aliphatic carbocycles. The van der Waals surface area contributed by atoms with Crippen molar-refractivity contribution in [3.8, 4) is 11.5 Å². The van der Waals surface area contributed by atoms with Crippen molar-refractivity contribution in [2.24, 2.45) is 4.99 Å². The number of carbonyl (C=O) groups is 1. The lowest BCUT2D eigenvalue weighted by Gasteiger charge is -2.13. The van der Waals surface area contributed by atoms with Gasteiger partial charge in [0.25, 0.3) is 5.91 Å². The van der Waals surface area contributed by atoms with Crippen LogP contribution in [0.1, 0.15) is 27.9 Å². The molecule has 0 atom stereocenters. The number of carbonyl (C=O) groups excluding carboxylic acids is 1. The SMILES string of the molecule is CN=C(NCCCc1ccc(OC)c(OC)c1)NCc1ccc(C(=O)N(C)C)cc1.I. The van der Waals surface area contributed by atoms with Gasteiger partial charge in [0, 0.05) is 39.8 Å². The first-order chi connectivity index (χ1) is 14.5. The highest BCUT2D eigenvalue weighted by Gasteiger charge is 2.08. The maximum Gasteiger partial charge on any atom is 0.253 e. The fourth-order valence-corrected chi connectivity index (χ4v) is 2.97. The van der Waals surface area contributed by atoms with E-state index in [0.717, 1.165) is 42.4 Å². The molecule has 0 saturated carbocycles. The molecule has 1 amide bonds. The Morgan fingerprint density at radius 3 is 2.19 bits per heavy atom. The number of rotatable bonds is 9. The zero-order chi connectivity index (χ0) is 21.9. The highest BCUT2D eigenvalue weighted by atomic mass is 127. The van der Waals surface area contributed by atoms with Crippen molar-refractivity contribution in [3.63, 3.8) is 0 Å². The van der Waals surface area contributed by atoms with Gasteiger partial charge in [-0.05, 0) is 48.2 Å². The van der Waals surface area contributed by atoms with E-state index in [2.05, 4.69) is 21.7 Å². The number of ether oxygens (including phenoxy) is 2. The van der Waals surface area contributed by atoms with Gasteiger partial charge in [-0.15, -0.1) is 24.0 Å². The number of hydrogen-bond acceptors (Lipinski definition) is 4. The van der Waals surface area contributed by atoms with Gasteiger partial charge in [-0.1, -0.05) is 18.2 Å². The van der Waals surface area contributed by atoms with Gasteiger partial charge in [0.15, 0.2) is 17.5 Å². The second-order valence-corrected chi connectivity index (χ2v) is 7.04.